The third-order valence-electron chi connectivity index (χ3n) is 6.05. The third-order valence-corrected chi connectivity index (χ3v) is 6.05. The number of esters is 1. The van der Waals surface area contributed by atoms with Gasteiger partial charge in [0.1, 0.15) is 5.75 Å². The van der Waals surface area contributed by atoms with Gasteiger partial charge in [0.2, 0.25) is 11.9 Å². The zero-order valence-corrected chi connectivity index (χ0v) is 18.4. The van der Waals surface area contributed by atoms with E-state index in [9.17, 15) is 4.79 Å². The molecule has 0 amide bonds. The van der Waals surface area contributed by atoms with Gasteiger partial charge in [0.05, 0.1) is 6.20 Å². The van der Waals surface area contributed by atoms with E-state index < -0.39 is 5.97 Å². The van der Waals surface area contributed by atoms with Crippen molar-refractivity contribution in [2.24, 2.45) is 0 Å². The smallest absolute Gasteiger partial charge is 0.368 e. The first-order valence-electron chi connectivity index (χ1n) is 11.2. The number of nitrogens with zero attached hydrogens (tertiary/aromatic N) is 2. The first kappa shape index (κ1) is 20.1. The van der Waals surface area contributed by atoms with E-state index in [-0.39, 0.29) is 5.69 Å². The van der Waals surface area contributed by atoms with Crippen molar-refractivity contribution in [3.05, 3.63) is 127 Å². The van der Waals surface area contributed by atoms with E-state index in [2.05, 4.69) is 47.4 Å². The minimum atomic E-state index is -0.478. The van der Waals surface area contributed by atoms with E-state index in [1.165, 1.54) is 0 Å². The summed E-state index contributed by atoms with van der Waals surface area (Å²) >= 11 is 0. The molecular weight excluding hydrogens is 420 g/mol. The van der Waals surface area contributed by atoms with E-state index >= 15 is 0 Å². The van der Waals surface area contributed by atoms with E-state index in [1.807, 2.05) is 65.4 Å². The van der Waals surface area contributed by atoms with E-state index in [4.69, 9.17) is 4.74 Å². The maximum atomic E-state index is 13.3. The van der Waals surface area contributed by atoms with Gasteiger partial charge in [-0.05, 0) is 39.7 Å². The molecule has 0 atom stereocenters. The summed E-state index contributed by atoms with van der Waals surface area (Å²) in [6, 6.07) is 32.7. The highest BCUT2D eigenvalue weighted by atomic mass is 16.5. The molecule has 34 heavy (non-hydrogen) atoms. The monoisotopic (exact) mass is 441 g/mol. The molecule has 6 rings (SSSR count). The number of benzene rings is 5. The molecule has 4 nitrogen and oxygen atoms in total. The summed E-state index contributed by atoms with van der Waals surface area (Å²) in [5, 5.41) is 6.09. The molecule has 162 valence electrons. The Hall–Kier alpha value is -4.57. The number of hydrogen-bond acceptors (Lipinski definition) is 3. The lowest BCUT2D eigenvalue weighted by Crippen LogP contribution is -2.35. The molecule has 0 saturated carbocycles. The van der Waals surface area contributed by atoms with Crippen molar-refractivity contribution < 1.29 is 14.1 Å². The molecule has 0 unspecified atom stereocenters. The third kappa shape index (κ3) is 3.76. The second-order valence-electron chi connectivity index (χ2n) is 8.34. The minimum Gasteiger partial charge on any atom is -0.420 e. The average Bonchev–Trinajstić information content (AvgIpc) is 2.88. The van der Waals surface area contributed by atoms with Crippen molar-refractivity contribution in [2.45, 2.75) is 6.54 Å². The number of aromatic nitrogens is 2. The zero-order valence-electron chi connectivity index (χ0n) is 18.4. The van der Waals surface area contributed by atoms with Crippen molar-refractivity contribution in [2.75, 3.05) is 0 Å². The minimum absolute atomic E-state index is 0.264. The van der Waals surface area contributed by atoms with Gasteiger partial charge in [-0.15, -0.1) is 0 Å². The molecule has 0 bridgehead atoms. The van der Waals surface area contributed by atoms with Crippen LogP contribution in [0.5, 0.6) is 5.75 Å². The number of hydrogen-bond donors (Lipinski definition) is 0. The Labute approximate surface area is 196 Å². The Morgan fingerprint density at radius 2 is 1.41 bits per heavy atom. The molecule has 0 aliphatic carbocycles. The van der Waals surface area contributed by atoms with Crippen LogP contribution < -0.4 is 9.30 Å². The first-order chi connectivity index (χ1) is 16.7. The molecule has 0 aliphatic heterocycles. The Bertz CT molecular complexity index is 1670. The summed E-state index contributed by atoms with van der Waals surface area (Å²) in [7, 11) is 0. The van der Waals surface area contributed by atoms with Gasteiger partial charge in [-0.2, -0.15) is 4.57 Å². The standard InChI is InChI=1S/C30H21N2O2/c33-30(28-20-32(15-14-31-28)19-21-8-2-1-3-9-21)34-29-26-13-7-6-12-24(26)17-25-16-22-10-4-5-11-23(22)18-27(25)29/h1-18,20H,19H2/q+1. The lowest BCUT2D eigenvalue weighted by atomic mass is 9.98. The van der Waals surface area contributed by atoms with Crippen LogP contribution in [0.2, 0.25) is 0 Å². The lowest BCUT2D eigenvalue weighted by molar-refractivity contribution is -0.689. The fourth-order valence-corrected chi connectivity index (χ4v) is 4.40. The van der Waals surface area contributed by atoms with Gasteiger partial charge in [-0.1, -0.05) is 78.9 Å². The predicted molar refractivity (Wildman–Crippen MR) is 134 cm³/mol. The van der Waals surface area contributed by atoms with Crippen LogP contribution >= 0.6 is 0 Å². The van der Waals surface area contributed by atoms with Gasteiger partial charge in [-0.25, -0.2) is 9.78 Å². The van der Waals surface area contributed by atoms with Gasteiger partial charge in [-0.3, -0.25) is 0 Å². The molecule has 0 aliphatic rings. The normalized spacial score (nSPS) is 11.2. The van der Waals surface area contributed by atoms with Crippen LogP contribution in [0, 0.1) is 0 Å². The van der Waals surface area contributed by atoms with Gasteiger partial charge in [0.15, 0.2) is 12.7 Å². The molecule has 1 aromatic heterocycles. The Balaban J connectivity index is 1.43. The summed E-state index contributed by atoms with van der Waals surface area (Å²) in [4.78, 5) is 17.6. The molecule has 0 saturated heterocycles. The summed E-state index contributed by atoms with van der Waals surface area (Å²) in [5.41, 5.74) is 1.41. The van der Waals surface area contributed by atoms with Crippen LogP contribution in [-0.4, -0.2) is 11.0 Å². The Morgan fingerprint density at radius 3 is 2.24 bits per heavy atom. The molecule has 4 heteroatoms. The second-order valence-corrected chi connectivity index (χ2v) is 8.34. The number of carbonyl (C=O) groups is 1. The van der Waals surface area contributed by atoms with Crippen LogP contribution in [0.3, 0.4) is 0 Å². The van der Waals surface area contributed by atoms with Crippen LogP contribution in [0.15, 0.2) is 116 Å². The molecule has 6 aromatic rings. The summed E-state index contributed by atoms with van der Waals surface area (Å²) in [5.74, 6) is 0.0809. The van der Waals surface area contributed by atoms with Gasteiger partial charge >= 0.3 is 5.97 Å². The topological polar surface area (TPSA) is 43.1 Å². The maximum Gasteiger partial charge on any atom is 0.368 e. The molecular formula is C30H21N2O2+. The van der Waals surface area contributed by atoms with E-state index in [0.29, 0.717) is 12.3 Å². The van der Waals surface area contributed by atoms with Crippen LogP contribution in [0.25, 0.3) is 32.3 Å². The summed E-state index contributed by atoms with van der Waals surface area (Å²) in [6.07, 6.45) is 5.22. The lowest BCUT2D eigenvalue weighted by Gasteiger charge is -2.12. The van der Waals surface area contributed by atoms with Gasteiger partial charge in [0.25, 0.3) is 0 Å². The van der Waals surface area contributed by atoms with Crippen molar-refractivity contribution in [1.82, 2.24) is 4.98 Å². The average molecular weight is 442 g/mol. The van der Waals surface area contributed by atoms with Crippen molar-refractivity contribution in [1.29, 1.82) is 0 Å². The number of rotatable bonds is 4. The van der Waals surface area contributed by atoms with Gasteiger partial charge in [0, 0.05) is 16.3 Å². The first-order valence-corrected chi connectivity index (χ1v) is 11.2. The van der Waals surface area contributed by atoms with Crippen molar-refractivity contribution in [3.63, 3.8) is 0 Å². The number of ether oxygens (including phenoxy) is 1. The molecule has 0 spiro atoms. The van der Waals surface area contributed by atoms with Crippen molar-refractivity contribution >= 4 is 38.3 Å². The van der Waals surface area contributed by atoms with Crippen LogP contribution in [0.4, 0.5) is 0 Å². The van der Waals surface area contributed by atoms with E-state index in [0.717, 1.165) is 37.9 Å². The second kappa shape index (κ2) is 8.41. The Kier molecular flexibility index (Phi) is 4.96. The molecule has 0 N–H and O–H groups in total. The zero-order chi connectivity index (χ0) is 22.9. The predicted octanol–water partition coefficient (Wildman–Crippen LogP) is 6.10. The number of carbonyl (C=O) groups excluding carboxylic acids is 1. The molecule has 0 fully saturated rings. The maximum absolute atomic E-state index is 13.3. The summed E-state index contributed by atoms with van der Waals surface area (Å²) in [6.45, 7) is 0.646. The highest BCUT2D eigenvalue weighted by molar-refractivity contribution is 6.11. The largest absolute Gasteiger partial charge is 0.420 e. The van der Waals surface area contributed by atoms with Crippen molar-refractivity contribution in [3.8, 4) is 5.75 Å². The van der Waals surface area contributed by atoms with Crippen LogP contribution in [-0.2, 0) is 6.54 Å². The fraction of sp³-hybridized carbons (Fsp3) is 0.0333. The van der Waals surface area contributed by atoms with Gasteiger partial charge < -0.3 is 4.74 Å². The summed E-state index contributed by atoms with van der Waals surface area (Å²) < 4.78 is 8.00. The fourth-order valence-electron chi connectivity index (χ4n) is 4.40. The molecule has 1 heterocycles. The SMILES string of the molecule is O=C(Oc1c2ccccc2cc2cc3ccccc3cc12)c1c[n+](Cc2ccccc2)ccn1. The highest BCUT2D eigenvalue weighted by Crippen LogP contribution is 2.37. The highest BCUT2D eigenvalue weighted by Gasteiger charge is 2.19. The molecule has 0 radical (unpaired) electrons. The Morgan fingerprint density at radius 1 is 0.735 bits per heavy atom. The quantitative estimate of drug-likeness (QED) is 0.144. The molecule has 5 aromatic carbocycles. The van der Waals surface area contributed by atoms with E-state index in [1.54, 1.807) is 12.4 Å². The van der Waals surface area contributed by atoms with Crippen LogP contribution in [0.1, 0.15) is 16.1 Å². The number of fused-ring (bicyclic) bond motifs is 3.